The Kier molecular flexibility index (Phi) is 4.44. The van der Waals surface area contributed by atoms with Gasteiger partial charge in [-0.25, -0.2) is 4.68 Å². The number of nitrogens with zero attached hydrogens (tertiary/aromatic N) is 3. The first-order valence-corrected chi connectivity index (χ1v) is 9.82. The van der Waals surface area contributed by atoms with Crippen LogP contribution in [0, 0.1) is 6.92 Å². The van der Waals surface area contributed by atoms with Crippen molar-refractivity contribution >= 4 is 23.4 Å². The van der Waals surface area contributed by atoms with Gasteiger partial charge in [0.05, 0.1) is 16.6 Å². The van der Waals surface area contributed by atoms with Crippen molar-refractivity contribution < 1.29 is 4.79 Å². The van der Waals surface area contributed by atoms with Gasteiger partial charge in [-0.15, -0.1) is 11.8 Å². The van der Waals surface area contributed by atoms with Crippen LogP contribution in [-0.2, 0) is 11.8 Å². The molecule has 0 aliphatic carbocycles. The van der Waals surface area contributed by atoms with Crippen molar-refractivity contribution in [2.24, 2.45) is 7.05 Å². The minimum atomic E-state index is -0.202. The Bertz CT molecular complexity index is 1040. The van der Waals surface area contributed by atoms with E-state index in [2.05, 4.69) is 0 Å². The predicted molar refractivity (Wildman–Crippen MR) is 109 cm³/mol. The van der Waals surface area contributed by atoms with E-state index in [1.807, 2.05) is 86.2 Å². The minimum absolute atomic E-state index is 0.0279. The molecule has 1 aliphatic rings. The molecular formula is C21H21N3O2S. The summed E-state index contributed by atoms with van der Waals surface area (Å²) in [6.07, 6.45) is 0. The largest absolute Gasteiger partial charge is 0.295 e. The van der Waals surface area contributed by atoms with Crippen LogP contribution in [0.15, 0.2) is 65.5 Å². The number of hydrogen-bond donors (Lipinski definition) is 0. The van der Waals surface area contributed by atoms with E-state index in [4.69, 9.17) is 0 Å². The molecule has 1 aliphatic heterocycles. The number of rotatable bonds is 3. The second-order valence-corrected chi connectivity index (χ2v) is 8.09. The summed E-state index contributed by atoms with van der Waals surface area (Å²) in [6, 6.07) is 19.4. The van der Waals surface area contributed by atoms with Gasteiger partial charge in [-0.3, -0.25) is 19.2 Å². The quantitative estimate of drug-likeness (QED) is 0.698. The van der Waals surface area contributed by atoms with Crippen LogP contribution in [0.2, 0.25) is 0 Å². The molecule has 1 amide bonds. The van der Waals surface area contributed by atoms with Gasteiger partial charge in [-0.05, 0) is 31.5 Å². The van der Waals surface area contributed by atoms with Gasteiger partial charge >= 0.3 is 0 Å². The van der Waals surface area contributed by atoms with Crippen LogP contribution >= 0.6 is 11.8 Å². The highest BCUT2D eigenvalue weighted by Crippen LogP contribution is 2.45. The van der Waals surface area contributed by atoms with E-state index in [0.29, 0.717) is 5.69 Å². The van der Waals surface area contributed by atoms with E-state index in [-0.39, 0.29) is 22.1 Å². The van der Waals surface area contributed by atoms with Crippen molar-refractivity contribution in [3.8, 4) is 5.69 Å². The Morgan fingerprint density at radius 1 is 0.926 bits per heavy atom. The van der Waals surface area contributed by atoms with Gasteiger partial charge in [0.2, 0.25) is 5.91 Å². The summed E-state index contributed by atoms with van der Waals surface area (Å²) in [5.41, 5.74) is 2.85. The molecule has 4 rings (SSSR count). The molecule has 0 spiro atoms. The van der Waals surface area contributed by atoms with Crippen molar-refractivity contribution in [2.45, 2.75) is 24.5 Å². The van der Waals surface area contributed by atoms with Crippen LogP contribution in [0.1, 0.15) is 23.6 Å². The smallest absolute Gasteiger partial charge is 0.288 e. The summed E-state index contributed by atoms with van der Waals surface area (Å²) < 4.78 is 3.43. The number of carbonyl (C=O) groups is 1. The lowest BCUT2D eigenvalue weighted by Gasteiger charge is -2.23. The lowest BCUT2D eigenvalue weighted by atomic mass is 10.2. The third-order valence-electron chi connectivity index (χ3n) is 5.00. The van der Waals surface area contributed by atoms with E-state index in [1.165, 1.54) is 0 Å². The van der Waals surface area contributed by atoms with Crippen molar-refractivity contribution in [3.63, 3.8) is 0 Å². The van der Waals surface area contributed by atoms with Crippen LogP contribution < -0.4 is 10.5 Å². The van der Waals surface area contributed by atoms with E-state index < -0.39 is 0 Å². The Balaban J connectivity index is 1.90. The lowest BCUT2D eigenvalue weighted by Crippen LogP contribution is -2.34. The number of hydrogen-bond acceptors (Lipinski definition) is 3. The predicted octanol–water partition coefficient (Wildman–Crippen LogP) is 3.65. The van der Waals surface area contributed by atoms with Crippen LogP contribution in [0.5, 0.6) is 0 Å². The van der Waals surface area contributed by atoms with Crippen LogP contribution in [-0.4, -0.2) is 20.5 Å². The highest BCUT2D eigenvalue weighted by molar-refractivity contribution is 8.01. The summed E-state index contributed by atoms with van der Waals surface area (Å²) in [6.45, 7) is 3.79. The molecule has 2 heterocycles. The molecule has 0 radical (unpaired) electrons. The molecule has 2 aromatic carbocycles. The molecule has 0 saturated carbocycles. The number of anilines is 1. The molecule has 0 bridgehead atoms. The fourth-order valence-electron chi connectivity index (χ4n) is 3.53. The SMILES string of the molecule is Cc1c(N2C(=O)C(C)SC2c2ccccc2)c(=O)n(-c2ccccc2)n1C. The number of thioether (sulfide) groups is 1. The van der Waals surface area contributed by atoms with E-state index in [1.54, 1.807) is 21.3 Å². The molecule has 27 heavy (non-hydrogen) atoms. The molecule has 2 unspecified atom stereocenters. The average molecular weight is 379 g/mol. The average Bonchev–Trinajstić information content (AvgIpc) is 3.10. The van der Waals surface area contributed by atoms with E-state index >= 15 is 0 Å². The topological polar surface area (TPSA) is 47.2 Å². The van der Waals surface area contributed by atoms with Gasteiger partial charge in [0.1, 0.15) is 11.1 Å². The standard InChI is InChI=1S/C21H21N3O2S/c1-14-18(20(26)24(22(14)3)17-12-8-5-9-13-17)23-19(25)15(2)27-21(23)16-10-6-4-7-11-16/h4-13,15,21H,1-3H3. The molecule has 1 fully saturated rings. The first-order valence-electron chi connectivity index (χ1n) is 8.88. The van der Waals surface area contributed by atoms with Crippen LogP contribution in [0.4, 0.5) is 5.69 Å². The molecule has 3 aromatic rings. The van der Waals surface area contributed by atoms with Gasteiger partial charge < -0.3 is 0 Å². The Morgan fingerprint density at radius 2 is 1.52 bits per heavy atom. The molecule has 0 N–H and O–H groups in total. The number of benzene rings is 2. The second kappa shape index (κ2) is 6.78. The molecule has 1 saturated heterocycles. The Morgan fingerprint density at radius 3 is 2.15 bits per heavy atom. The maximum absolute atomic E-state index is 13.4. The van der Waals surface area contributed by atoms with Crippen LogP contribution in [0.25, 0.3) is 5.69 Å². The van der Waals surface area contributed by atoms with E-state index in [0.717, 1.165) is 16.9 Å². The lowest BCUT2D eigenvalue weighted by molar-refractivity contribution is -0.117. The van der Waals surface area contributed by atoms with Gasteiger partial charge in [0.15, 0.2) is 0 Å². The van der Waals surface area contributed by atoms with Gasteiger partial charge in [0.25, 0.3) is 5.56 Å². The minimum Gasteiger partial charge on any atom is -0.288 e. The summed E-state index contributed by atoms with van der Waals surface area (Å²) >= 11 is 1.58. The Labute approximate surface area is 162 Å². The molecule has 6 heteroatoms. The number of aromatic nitrogens is 2. The van der Waals surface area contributed by atoms with Gasteiger partial charge in [-0.1, -0.05) is 48.5 Å². The summed E-state index contributed by atoms with van der Waals surface area (Å²) in [5, 5.41) is -0.397. The maximum atomic E-state index is 13.4. The summed E-state index contributed by atoms with van der Waals surface area (Å²) in [5.74, 6) is -0.0279. The third-order valence-corrected chi connectivity index (χ3v) is 6.35. The zero-order chi connectivity index (χ0) is 19.1. The molecule has 1 aromatic heterocycles. The fourth-order valence-corrected chi connectivity index (χ4v) is 4.79. The molecule has 2 atom stereocenters. The molecular weight excluding hydrogens is 358 g/mol. The first-order chi connectivity index (χ1) is 13.0. The zero-order valence-corrected chi connectivity index (χ0v) is 16.3. The van der Waals surface area contributed by atoms with Crippen molar-refractivity contribution in [2.75, 3.05) is 4.90 Å². The molecule has 138 valence electrons. The third kappa shape index (κ3) is 2.80. The summed E-state index contributed by atoms with van der Waals surface area (Å²) in [7, 11) is 1.85. The fraction of sp³-hybridized carbons (Fsp3) is 0.238. The van der Waals surface area contributed by atoms with Gasteiger partial charge in [0, 0.05) is 7.05 Å². The zero-order valence-electron chi connectivity index (χ0n) is 15.5. The van der Waals surface area contributed by atoms with E-state index in [9.17, 15) is 9.59 Å². The highest BCUT2D eigenvalue weighted by Gasteiger charge is 2.42. The number of carbonyl (C=O) groups excluding carboxylic acids is 1. The Hall–Kier alpha value is -2.73. The number of amides is 1. The van der Waals surface area contributed by atoms with Gasteiger partial charge in [-0.2, -0.15) is 0 Å². The monoisotopic (exact) mass is 379 g/mol. The highest BCUT2D eigenvalue weighted by atomic mass is 32.2. The molecule has 5 nitrogen and oxygen atoms in total. The normalized spacial score (nSPS) is 19.7. The summed E-state index contributed by atoms with van der Waals surface area (Å²) in [4.78, 5) is 28.0. The van der Waals surface area contributed by atoms with Crippen LogP contribution in [0.3, 0.4) is 0 Å². The first kappa shape index (κ1) is 17.7. The second-order valence-electron chi connectivity index (χ2n) is 6.66. The van der Waals surface area contributed by atoms with Crippen molar-refractivity contribution in [1.82, 2.24) is 9.36 Å². The van der Waals surface area contributed by atoms with Crippen molar-refractivity contribution in [3.05, 3.63) is 82.3 Å². The number of para-hydroxylation sites is 1. The van der Waals surface area contributed by atoms with Crippen molar-refractivity contribution in [1.29, 1.82) is 0 Å². The maximum Gasteiger partial charge on any atom is 0.295 e.